The van der Waals surface area contributed by atoms with Crippen LogP contribution in [0, 0.1) is 19.8 Å². The molecule has 2 atom stereocenters. The highest BCUT2D eigenvalue weighted by molar-refractivity contribution is 5.76. The van der Waals surface area contributed by atoms with Crippen LogP contribution in [0.5, 0.6) is 0 Å². The Balaban J connectivity index is 1.64. The molecule has 0 spiro atoms. The van der Waals surface area contributed by atoms with E-state index in [0.29, 0.717) is 25.3 Å². The molecule has 0 aromatic carbocycles. The Kier molecular flexibility index (Phi) is 4.57. The Hall–Kier alpha value is -2.35. The van der Waals surface area contributed by atoms with E-state index in [1.165, 1.54) is 4.68 Å². The van der Waals surface area contributed by atoms with Crippen molar-refractivity contribution in [3.8, 4) is 0 Å². The maximum atomic E-state index is 12.6. The molecule has 1 amide bonds. The minimum absolute atomic E-state index is 0.0110. The number of methoxy groups -OCH3 is 1. The fraction of sp³-hybridized carbons (Fsp3) is 0.562. The number of amides is 1. The third-order valence-corrected chi connectivity index (χ3v) is 4.39. The van der Waals surface area contributed by atoms with Crippen molar-refractivity contribution in [3.63, 3.8) is 0 Å². The second-order valence-electron chi connectivity index (χ2n) is 6.34. The number of aryl methyl sites for hydroxylation is 2. The minimum Gasteiger partial charge on any atom is -0.384 e. The molecule has 1 fully saturated rings. The van der Waals surface area contributed by atoms with Gasteiger partial charge < -0.3 is 19.9 Å². The molecule has 0 radical (unpaired) electrons. The Labute approximate surface area is 140 Å². The van der Waals surface area contributed by atoms with E-state index in [9.17, 15) is 4.79 Å². The number of carbonyl (C=O) groups excluding carboxylic acids is 1. The van der Waals surface area contributed by atoms with Gasteiger partial charge in [-0.1, -0.05) is 5.16 Å². The van der Waals surface area contributed by atoms with Gasteiger partial charge in [-0.2, -0.15) is 5.10 Å². The van der Waals surface area contributed by atoms with Crippen LogP contribution >= 0.6 is 0 Å². The van der Waals surface area contributed by atoms with Crippen LogP contribution in [-0.2, 0) is 22.5 Å². The zero-order valence-corrected chi connectivity index (χ0v) is 14.2. The van der Waals surface area contributed by atoms with E-state index in [1.807, 2.05) is 19.9 Å². The standard InChI is InChI=1S/C16H23N5O3/c1-10-5-15(17)21(18-10)9-16(22)20-7-12(14(8-20)23-3)6-13-4-11(2)19-24-13/h4-5,12,14H,6-9,17H2,1-3H3/t12-,14+/m1/s1. The van der Waals surface area contributed by atoms with Crippen LogP contribution in [0.3, 0.4) is 0 Å². The number of ether oxygens (including phenoxy) is 1. The molecule has 0 aliphatic carbocycles. The van der Waals surface area contributed by atoms with Gasteiger partial charge in [0.1, 0.15) is 18.1 Å². The quantitative estimate of drug-likeness (QED) is 0.868. The third kappa shape index (κ3) is 3.43. The zero-order valence-electron chi connectivity index (χ0n) is 14.2. The fourth-order valence-corrected chi connectivity index (χ4v) is 3.20. The Morgan fingerprint density at radius 2 is 2.17 bits per heavy atom. The highest BCUT2D eigenvalue weighted by Crippen LogP contribution is 2.24. The van der Waals surface area contributed by atoms with Crippen LogP contribution < -0.4 is 5.73 Å². The third-order valence-electron chi connectivity index (χ3n) is 4.39. The Bertz CT molecular complexity index is 723. The van der Waals surface area contributed by atoms with Gasteiger partial charge >= 0.3 is 0 Å². The molecule has 130 valence electrons. The topological polar surface area (TPSA) is 99.4 Å². The molecule has 3 heterocycles. The van der Waals surface area contributed by atoms with Crippen LogP contribution in [0.25, 0.3) is 0 Å². The van der Waals surface area contributed by atoms with E-state index >= 15 is 0 Å². The fourth-order valence-electron chi connectivity index (χ4n) is 3.20. The molecule has 0 saturated carbocycles. The van der Waals surface area contributed by atoms with Gasteiger partial charge in [-0.05, 0) is 13.8 Å². The van der Waals surface area contributed by atoms with Gasteiger partial charge in [0.2, 0.25) is 5.91 Å². The summed E-state index contributed by atoms with van der Waals surface area (Å²) in [6.07, 6.45) is 0.683. The van der Waals surface area contributed by atoms with Crippen LogP contribution in [0.2, 0.25) is 0 Å². The Morgan fingerprint density at radius 1 is 1.38 bits per heavy atom. The number of hydrogen-bond acceptors (Lipinski definition) is 6. The predicted octanol–water partition coefficient (Wildman–Crippen LogP) is 0.786. The summed E-state index contributed by atoms with van der Waals surface area (Å²) in [7, 11) is 1.67. The first kappa shape index (κ1) is 16.5. The second-order valence-corrected chi connectivity index (χ2v) is 6.34. The molecule has 0 unspecified atom stereocenters. The molecule has 1 saturated heterocycles. The van der Waals surface area contributed by atoms with E-state index in [2.05, 4.69) is 10.3 Å². The summed E-state index contributed by atoms with van der Waals surface area (Å²) in [5.41, 5.74) is 7.52. The highest BCUT2D eigenvalue weighted by atomic mass is 16.5. The van der Waals surface area contributed by atoms with Gasteiger partial charge in [-0.25, -0.2) is 4.68 Å². The van der Waals surface area contributed by atoms with Crippen molar-refractivity contribution in [1.82, 2.24) is 19.8 Å². The van der Waals surface area contributed by atoms with Crippen LogP contribution in [-0.4, -0.2) is 52.0 Å². The molecule has 2 aromatic heterocycles. The molecule has 0 bridgehead atoms. The van der Waals surface area contributed by atoms with E-state index in [-0.39, 0.29) is 24.5 Å². The van der Waals surface area contributed by atoms with Crippen molar-refractivity contribution >= 4 is 11.7 Å². The lowest BCUT2D eigenvalue weighted by Crippen LogP contribution is -2.33. The summed E-state index contributed by atoms with van der Waals surface area (Å²) < 4.78 is 12.4. The zero-order chi connectivity index (χ0) is 17.3. The van der Waals surface area contributed by atoms with Gasteiger partial charge in [-0.3, -0.25) is 4.79 Å². The smallest absolute Gasteiger partial charge is 0.244 e. The Morgan fingerprint density at radius 3 is 2.75 bits per heavy atom. The minimum atomic E-state index is -0.0175. The summed E-state index contributed by atoms with van der Waals surface area (Å²) in [5.74, 6) is 1.49. The number of nitrogens with zero attached hydrogens (tertiary/aromatic N) is 4. The number of nitrogens with two attached hydrogens (primary N) is 1. The lowest BCUT2D eigenvalue weighted by Gasteiger charge is -2.16. The predicted molar refractivity (Wildman–Crippen MR) is 87.2 cm³/mol. The first-order chi connectivity index (χ1) is 11.5. The number of aromatic nitrogens is 3. The summed E-state index contributed by atoms with van der Waals surface area (Å²) in [4.78, 5) is 14.4. The number of hydrogen-bond donors (Lipinski definition) is 1. The molecular weight excluding hydrogens is 310 g/mol. The molecule has 2 aromatic rings. The van der Waals surface area contributed by atoms with Crippen molar-refractivity contribution in [2.75, 3.05) is 25.9 Å². The van der Waals surface area contributed by atoms with Crippen LogP contribution in [0.1, 0.15) is 17.1 Å². The summed E-state index contributed by atoms with van der Waals surface area (Å²) in [6, 6.07) is 3.68. The van der Waals surface area contributed by atoms with Gasteiger partial charge in [0.25, 0.3) is 0 Å². The number of anilines is 1. The van der Waals surface area contributed by atoms with Gasteiger partial charge in [0.05, 0.1) is 17.5 Å². The molecule has 1 aliphatic heterocycles. The van der Waals surface area contributed by atoms with E-state index in [0.717, 1.165) is 17.1 Å². The average molecular weight is 333 g/mol. The van der Waals surface area contributed by atoms with Crippen molar-refractivity contribution in [1.29, 1.82) is 0 Å². The SMILES string of the molecule is CO[C@H]1CN(C(=O)Cn2nc(C)cc2N)C[C@H]1Cc1cc(C)no1. The van der Waals surface area contributed by atoms with E-state index in [1.54, 1.807) is 18.1 Å². The van der Waals surface area contributed by atoms with Gasteiger partial charge in [0.15, 0.2) is 0 Å². The molecule has 3 rings (SSSR count). The molecule has 8 nitrogen and oxygen atoms in total. The summed E-state index contributed by atoms with van der Waals surface area (Å²) in [6.45, 7) is 5.07. The van der Waals surface area contributed by atoms with Crippen molar-refractivity contribution < 1.29 is 14.1 Å². The van der Waals surface area contributed by atoms with Crippen molar-refractivity contribution in [3.05, 3.63) is 29.3 Å². The number of rotatable bonds is 5. The monoisotopic (exact) mass is 333 g/mol. The number of likely N-dealkylation sites (tertiary alicyclic amines) is 1. The number of nitrogen functional groups attached to an aromatic ring is 1. The lowest BCUT2D eigenvalue weighted by molar-refractivity contribution is -0.131. The normalized spacial score (nSPS) is 20.7. The molecule has 24 heavy (non-hydrogen) atoms. The maximum Gasteiger partial charge on any atom is 0.244 e. The molecule has 8 heteroatoms. The highest BCUT2D eigenvalue weighted by Gasteiger charge is 2.36. The molecule has 1 aliphatic rings. The van der Waals surface area contributed by atoms with Crippen LogP contribution in [0.4, 0.5) is 5.82 Å². The summed E-state index contributed by atoms with van der Waals surface area (Å²) in [5, 5.41) is 8.15. The maximum absolute atomic E-state index is 12.6. The molecular formula is C16H23N5O3. The van der Waals surface area contributed by atoms with E-state index < -0.39 is 0 Å². The van der Waals surface area contributed by atoms with Gasteiger partial charge in [-0.15, -0.1) is 0 Å². The second kappa shape index (κ2) is 6.64. The lowest BCUT2D eigenvalue weighted by atomic mass is 10.0. The van der Waals surface area contributed by atoms with Gasteiger partial charge in [0, 0.05) is 44.7 Å². The first-order valence-corrected chi connectivity index (χ1v) is 7.99. The van der Waals surface area contributed by atoms with Crippen LogP contribution in [0.15, 0.2) is 16.7 Å². The largest absolute Gasteiger partial charge is 0.384 e. The van der Waals surface area contributed by atoms with Crippen molar-refractivity contribution in [2.45, 2.75) is 32.9 Å². The first-order valence-electron chi connectivity index (χ1n) is 7.99. The van der Waals surface area contributed by atoms with E-state index in [4.69, 9.17) is 15.0 Å². The number of carbonyl (C=O) groups is 1. The van der Waals surface area contributed by atoms with Crippen molar-refractivity contribution in [2.24, 2.45) is 5.92 Å². The average Bonchev–Trinajstić information content (AvgIpc) is 3.20. The summed E-state index contributed by atoms with van der Waals surface area (Å²) >= 11 is 0. The molecule has 2 N–H and O–H groups in total.